The molecular formula is C12H18N6OS. The van der Waals surface area contributed by atoms with Crippen molar-refractivity contribution in [1.82, 2.24) is 25.1 Å². The van der Waals surface area contributed by atoms with E-state index in [9.17, 15) is 4.79 Å². The van der Waals surface area contributed by atoms with Crippen LogP contribution in [0.3, 0.4) is 0 Å². The number of aryl methyl sites for hydroxylation is 1. The van der Waals surface area contributed by atoms with Gasteiger partial charge in [0.1, 0.15) is 17.0 Å². The topological polar surface area (TPSA) is 98.7 Å². The number of amides is 1. The summed E-state index contributed by atoms with van der Waals surface area (Å²) in [6.45, 7) is 4.19. The lowest BCUT2D eigenvalue weighted by Crippen LogP contribution is -2.31. The van der Waals surface area contributed by atoms with Gasteiger partial charge in [-0.1, -0.05) is 25.2 Å². The molecule has 0 fully saturated rings. The van der Waals surface area contributed by atoms with E-state index in [-0.39, 0.29) is 11.9 Å². The van der Waals surface area contributed by atoms with Crippen molar-refractivity contribution in [3.63, 3.8) is 0 Å². The molecule has 0 unspecified atom stereocenters. The number of aromatic nitrogens is 4. The smallest absolute Gasteiger partial charge is 0.263 e. The number of nitrogen functional groups attached to an aromatic ring is 1. The van der Waals surface area contributed by atoms with Gasteiger partial charge >= 0.3 is 0 Å². The summed E-state index contributed by atoms with van der Waals surface area (Å²) in [6.07, 6.45) is 3.75. The summed E-state index contributed by atoms with van der Waals surface area (Å²) < 4.78 is 1.67. The van der Waals surface area contributed by atoms with Crippen molar-refractivity contribution in [2.24, 2.45) is 13.0 Å². The molecule has 2 aromatic heterocycles. The van der Waals surface area contributed by atoms with E-state index in [1.165, 1.54) is 23.9 Å². The third-order valence-corrected chi connectivity index (χ3v) is 3.64. The van der Waals surface area contributed by atoms with Gasteiger partial charge in [-0.2, -0.15) is 5.10 Å². The zero-order chi connectivity index (χ0) is 14.7. The van der Waals surface area contributed by atoms with E-state index in [0.29, 0.717) is 15.9 Å². The predicted molar refractivity (Wildman–Crippen MR) is 77.2 cm³/mol. The number of nitrogens with zero attached hydrogens (tertiary/aromatic N) is 4. The van der Waals surface area contributed by atoms with Crippen LogP contribution in [-0.4, -0.2) is 25.7 Å². The SMILES string of the molecule is CC(C)C[C@@H](NC(=O)c1cnc(N)s1)c1ncnn1C. The number of rotatable bonds is 5. The number of nitrogens with two attached hydrogens (primary N) is 1. The Hall–Kier alpha value is -1.96. The number of thiazole rings is 1. The van der Waals surface area contributed by atoms with Crippen molar-refractivity contribution in [2.75, 3.05) is 5.73 Å². The van der Waals surface area contributed by atoms with E-state index in [1.807, 2.05) is 7.05 Å². The Labute approximate surface area is 121 Å². The highest BCUT2D eigenvalue weighted by atomic mass is 32.1. The standard InChI is InChI=1S/C12H18N6OS/c1-7(2)4-8(10-15-6-16-18(10)3)17-11(19)9-5-14-12(13)20-9/h5-8H,4H2,1-3H3,(H2,13,14)(H,17,19)/t8-/m1/s1. The molecule has 1 atom stereocenters. The molecule has 108 valence electrons. The molecule has 0 saturated heterocycles. The molecule has 3 N–H and O–H groups in total. The Morgan fingerprint density at radius 1 is 1.50 bits per heavy atom. The Morgan fingerprint density at radius 3 is 2.75 bits per heavy atom. The average molecular weight is 294 g/mol. The molecule has 0 aliphatic carbocycles. The van der Waals surface area contributed by atoms with Gasteiger partial charge < -0.3 is 11.1 Å². The second-order valence-electron chi connectivity index (χ2n) is 4.96. The fourth-order valence-corrected chi connectivity index (χ4v) is 2.53. The maximum atomic E-state index is 12.2. The van der Waals surface area contributed by atoms with Crippen LogP contribution in [0.5, 0.6) is 0 Å². The van der Waals surface area contributed by atoms with Crippen LogP contribution >= 0.6 is 11.3 Å². The van der Waals surface area contributed by atoms with Gasteiger partial charge in [0.2, 0.25) is 0 Å². The number of hydrogen-bond acceptors (Lipinski definition) is 6. The third kappa shape index (κ3) is 3.32. The van der Waals surface area contributed by atoms with Gasteiger partial charge in [-0.05, 0) is 12.3 Å². The summed E-state index contributed by atoms with van der Waals surface area (Å²) in [7, 11) is 1.81. The highest BCUT2D eigenvalue weighted by Crippen LogP contribution is 2.21. The second-order valence-corrected chi connectivity index (χ2v) is 6.02. The maximum Gasteiger partial charge on any atom is 0.263 e. The lowest BCUT2D eigenvalue weighted by atomic mass is 10.0. The minimum Gasteiger partial charge on any atom is -0.375 e. The molecular weight excluding hydrogens is 276 g/mol. The lowest BCUT2D eigenvalue weighted by molar-refractivity contribution is 0.0933. The summed E-state index contributed by atoms with van der Waals surface area (Å²) in [5, 5.41) is 7.41. The molecule has 0 radical (unpaired) electrons. The normalized spacial score (nSPS) is 12.6. The molecule has 0 aliphatic rings. The van der Waals surface area contributed by atoms with E-state index in [1.54, 1.807) is 4.68 Å². The number of nitrogens with one attached hydrogen (secondary N) is 1. The molecule has 0 aromatic carbocycles. The van der Waals surface area contributed by atoms with Crippen LogP contribution in [0.2, 0.25) is 0 Å². The highest BCUT2D eigenvalue weighted by Gasteiger charge is 2.22. The number of carbonyl (C=O) groups excluding carboxylic acids is 1. The number of anilines is 1. The number of hydrogen-bond donors (Lipinski definition) is 2. The molecule has 8 heteroatoms. The molecule has 0 aliphatic heterocycles. The molecule has 7 nitrogen and oxygen atoms in total. The molecule has 2 heterocycles. The Bertz CT molecular complexity index is 590. The zero-order valence-corrected chi connectivity index (χ0v) is 12.5. The Balaban J connectivity index is 2.16. The van der Waals surface area contributed by atoms with Gasteiger partial charge in [0.15, 0.2) is 5.13 Å². The molecule has 0 saturated carbocycles. The van der Waals surface area contributed by atoms with Gasteiger partial charge in [0.25, 0.3) is 5.91 Å². The Morgan fingerprint density at radius 2 is 2.25 bits per heavy atom. The lowest BCUT2D eigenvalue weighted by Gasteiger charge is -2.19. The molecule has 0 bridgehead atoms. The van der Waals surface area contributed by atoms with Crippen molar-refractivity contribution >= 4 is 22.4 Å². The van der Waals surface area contributed by atoms with Crippen LogP contribution in [0.25, 0.3) is 0 Å². The van der Waals surface area contributed by atoms with Gasteiger partial charge in [0.05, 0.1) is 12.2 Å². The van der Waals surface area contributed by atoms with Crippen LogP contribution in [0.1, 0.15) is 41.8 Å². The summed E-state index contributed by atoms with van der Waals surface area (Å²) in [6, 6.07) is -0.182. The van der Waals surface area contributed by atoms with Crippen molar-refractivity contribution in [1.29, 1.82) is 0 Å². The largest absolute Gasteiger partial charge is 0.375 e. The molecule has 20 heavy (non-hydrogen) atoms. The first-order chi connectivity index (χ1) is 9.47. The van der Waals surface area contributed by atoms with E-state index in [2.05, 4.69) is 34.2 Å². The van der Waals surface area contributed by atoms with Gasteiger partial charge in [0, 0.05) is 7.05 Å². The number of carbonyl (C=O) groups is 1. The second kappa shape index (κ2) is 6.00. The summed E-state index contributed by atoms with van der Waals surface area (Å²) in [5.74, 6) is 0.973. The first kappa shape index (κ1) is 14.4. The van der Waals surface area contributed by atoms with Crippen molar-refractivity contribution in [3.05, 3.63) is 23.2 Å². The van der Waals surface area contributed by atoms with Crippen LogP contribution in [-0.2, 0) is 7.05 Å². The molecule has 1 amide bonds. The minimum atomic E-state index is -0.187. The van der Waals surface area contributed by atoms with Crippen molar-refractivity contribution in [3.8, 4) is 0 Å². The van der Waals surface area contributed by atoms with Crippen LogP contribution in [0.4, 0.5) is 5.13 Å². The fourth-order valence-electron chi connectivity index (χ4n) is 1.94. The fraction of sp³-hybridized carbons (Fsp3) is 0.500. The van der Waals surface area contributed by atoms with E-state index in [4.69, 9.17) is 5.73 Å². The first-order valence-electron chi connectivity index (χ1n) is 6.33. The van der Waals surface area contributed by atoms with E-state index >= 15 is 0 Å². The average Bonchev–Trinajstić information content (AvgIpc) is 2.96. The van der Waals surface area contributed by atoms with Crippen LogP contribution in [0, 0.1) is 5.92 Å². The summed E-state index contributed by atoms with van der Waals surface area (Å²) in [4.78, 5) is 20.8. The van der Waals surface area contributed by atoms with Gasteiger partial charge in [-0.3, -0.25) is 9.48 Å². The first-order valence-corrected chi connectivity index (χ1v) is 7.15. The van der Waals surface area contributed by atoms with Gasteiger partial charge in [-0.25, -0.2) is 9.97 Å². The van der Waals surface area contributed by atoms with Crippen molar-refractivity contribution < 1.29 is 4.79 Å². The predicted octanol–water partition coefficient (Wildman–Crippen LogP) is 1.37. The minimum absolute atomic E-state index is 0.182. The van der Waals surface area contributed by atoms with E-state index < -0.39 is 0 Å². The molecule has 0 spiro atoms. The van der Waals surface area contributed by atoms with Crippen molar-refractivity contribution in [2.45, 2.75) is 26.3 Å². The highest BCUT2D eigenvalue weighted by molar-refractivity contribution is 7.17. The van der Waals surface area contributed by atoms with Crippen LogP contribution < -0.4 is 11.1 Å². The zero-order valence-electron chi connectivity index (χ0n) is 11.7. The van der Waals surface area contributed by atoms with Gasteiger partial charge in [-0.15, -0.1) is 0 Å². The molecule has 2 rings (SSSR count). The monoisotopic (exact) mass is 294 g/mol. The summed E-state index contributed by atoms with van der Waals surface area (Å²) in [5.41, 5.74) is 5.55. The third-order valence-electron chi connectivity index (χ3n) is 2.82. The molecule has 2 aromatic rings. The van der Waals surface area contributed by atoms with Crippen LogP contribution in [0.15, 0.2) is 12.5 Å². The Kier molecular flexibility index (Phi) is 4.33. The van der Waals surface area contributed by atoms with E-state index in [0.717, 1.165) is 12.2 Å². The quantitative estimate of drug-likeness (QED) is 0.867. The maximum absolute atomic E-state index is 12.2. The summed E-state index contributed by atoms with van der Waals surface area (Å²) >= 11 is 1.17.